The van der Waals surface area contributed by atoms with E-state index < -0.39 is 4.92 Å². The lowest BCUT2D eigenvalue weighted by Gasteiger charge is -1.96. The van der Waals surface area contributed by atoms with Crippen molar-refractivity contribution in [2.75, 3.05) is 0 Å². The summed E-state index contributed by atoms with van der Waals surface area (Å²) >= 11 is 3.22. The van der Waals surface area contributed by atoms with Crippen molar-refractivity contribution in [2.24, 2.45) is 0 Å². The molecule has 88 valence electrons. The second-order valence-electron chi connectivity index (χ2n) is 3.55. The van der Waals surface area contributed by atoms with E-state index in [4.69, 9.17) is 0 Å². The fraction of sp³-hybridized carbons (Fsp3) is 0.182. The van der Waals surface area contributed by atoms with Crippen molar-refractivity contribution in [3.05, 3.63) is 57.8 Å². The van der Waals surface area contributed by atoms with Crippen molar-refractivity contribution < 1.29 is 4.92 Å². The van der Waals surface area contributed by atoms with Crippen molar-refractivity contribution >= 4 is 21.7 Å². The molecule has 6 heteroatoms. The summed E-state index contributed by atoms with van der Waals surface area (Å²) in [6.45, 7) is 0.536. The molecule has 0 N–H and O–H groups in total. The van der Waals surface area contributed by atoms with Crippen LogP contribution in [0.1, 0.15) is 11.1 Å². The minimum Gasteiger partial charge on any atom is -0.358 e. The van der Waals surface area contributed by atoms with Gasteiger partial charge in [0.1, 0.15) is 0 Å². The summed E-state index contributed by atoms with van der Waals surface area (Å²) in [5, 5.41) is 15.1. The number of benzene rings is 1. The Bertz CT molecular complexity index is 525. The summed E-state index contributed by atoms with van der Waals surface area (Å²) in [6, 6.07) is 9.71. The third-order valence-electron chi connectivity index (χ3n) is 2.32. The fourth-order valence-corrected chi connectivity index (χ4v) is 1.95. The number of aromatic nitrogens is 2. The van der Waals surface area contributed by atoms with Gasteiger partial charge < -0.3 is 10.1 Å². The van der Waals surface area contributed by atoms with Gasteiger partial charge in [0.2, 0.25) is 0 Å². The molecule has 0 atom stereocenters. The van der Waals surface area contributed by atoms with Gasteiger partial charge in [-0.3, -0.25) is 0 Å². The molecular weight excluding hydrogens is 286 g/mol. The number of rotatable bonds is 4. The molecule has 17 heavy (non-hydrogen) atoms. The third-order valence-corrected chi connectivity index (χ3v) is 2.92. The Labute approximate surface area is 106 Å². The summed E-state index contributed by atoms with van der Waals surface area (Å²) in [4.78, 5) is 10.3. The van der Waals surface area contributed by atoms with E-state index in [9.17, 15) is 10.1 Å². The molecule has 5 nitrogen and oxygen atoms in total. The van der Waals surface area contributed by atoms with E-state index in [2.05, 4.69) is 21.0 Å². The summed E-state index contributed by atoms with van der Waals surface area (Å²) < 4.78 is 1.59. The maximum Gasteiger partial charge on any atom is 0.393 e. The van der Waals surface area contributed by atoms with Gasteiger partial charge in [-0.1, -0.05) is 46.3 Å². The van der Waals surface area contributed by atoms with Gasteiger partial charge in [-0.05, 0) is 10.5 Å². The molecule has 0 radical (unpaired) electrons. The molecule has 0 bridgehead atoms. The Kier molecular flexibility index (Phi) is 3.53. The van der Waals surface area contributed by atoms with Crippen LogP contribution in [0.4, 0.5) is 5.82 Å². The van der Waals surface area contributed by atoms with E-state index in [1.165, 1.54) is 0 Å². The molecule has 0 saturated heterocycles. The van der Waals surface area contributed by atoms with Gasteiger partial charge in [-0.2, -0.15) is 4.68 Å². The van der Waals surface area contributed by atoms with Crippen molar-refractivity contribution in [2.45, 2.75) is 11.9 Å². The SMILES string of the molecule is O=[N+]([O-])c1nn(Cc2ccccc2)cc1CBr. The summed E-state index contributed by atoms with van der Waals surface area (Å²) in [7, 11) is 0. The molecule has 0 spiro atoms. The van der Waals surface area contributed by atoms with Crippen molar-refractivity contribution in [1.82, 2.24) is 9.78 Å². The minimum atomic E-state index is -0.460. The number of hydrogen-bond donors (Lipinski definition) is 0. The zero-order valence-corrected chi connectivity index (χ0v) is 10.5. The van der Waals surface area contributed by atoms with E-state index >= 15 is 0 Å². The maximum absolute atomic E-state index is 10.8. The Hall–Kier alpha value is -1.69. The van der Waals surface area contributed by atoms with Crippen molar-refractivity contribution in [1.29, 1.82) is 0 Å². The topological polar surface area (TPSA) is 61.0 Å². The predicted molar refractivity (Wildman–Crippen MR) is 67.1 cm³/mol. The molecule has 0 unspecified atom stereocenters. The molecule has 0 aliphatic carbocycles. The molecule has 1 aromatic carbocycles. The highest BCUT2D eigenvalue weighted by Gasteiger charge is 2.19. The van der Waals surface area contributed by atoms with Gasteiger partial charge in [-0.25, -0.2) is 0 Å². The highest BCUT2D eigenvalue weighted by atomic mass is 79.9. The second kappa shape index (κ2) is 5.09. The van der Waals surface area contributed by atoms with Crippen LogP contribution < -0.4 is 0 Å². The predicted octanol–water partition coefficient (Wildman–Crippen LogP) is 2.73. The van der Waals surface area contributed by atoms with Crippen molar-refractivity contribution in [3.8, 4) is 0 Å². The molecule has 2 rings (SSSR count). The van der Waals surface area contributed by atoms with Gasteiger partial charge >= 0.3 is 5.82 Å². The first-order valence-corrected chi connectivity index (χ1v) is 6.13. The average Bonchev–Trinajstić information content (AvgIpc) is 2.73. The molecular formula is C11H10BrN3O2. The Balaban J connectivity index is 2.26. The molecule has 0 saturated carbocycles. The standard InChI is InChI=1S/C11H10BrN3O2/c12-6-10-8-14(13-11(10)15(16)17)7-9-4-2-1-3-5-9/h1-5,8H,6-7H2. The van der Waals surface area contributed by atoms with E-state index in [0.717, 1.165) is 5.56 Å². The maximum atomic E-state index is 10.8. The van der Waals surface area contributed by atoms with Gasteiger partial charge in [0, 0.05) is 5.33 Å². The van der Waals surface area contributed by atoms with E-state index in [1.807, 2.05) is 30.3 Å². The van der Waals surface area contributed by atoms with Gasteiger partial charge in [0.05, 0.1) is 23.4 Å². The zero-order chi connectivity index (χ0) is 12.3. The number of hydrogen-bond acceptors (Lipinski definition) is 3. The van der Waals surface area contributed by atoms with Crippen LogP contribution in [-0.2, 0) is 11.9 Å². The largest absolute Gasteiger partial charge is 0.393 e. The first kappa shape index (κ1) is 11.8. The Morgan fingerprint density at radius 3 is 2.59 bits per heavy atom. The summed E-state index contributed by atoms with van der Waals surface area (Å²) in [6.07, 6.45) is 1.69. The second-order valence-corrected chi connectivity index (χ2v) is 4.11. The van der Waals surface area contributed by atoms with E-state index in [-0.39, 0.29) is 5.82 Å². The Morgan fingerprint density at radius 1 is 1.35 bits per heavy atom. The zero-order valence-electron chi connectivity index (χ0n) is 8.91. The van der Waals surface area contributed by atoms with E-state index in [0.29, 0.717) is 17.4 Å². The molecule has 1 aromatic heterocycles. The van der Waals surface area contributed by atoms with Crippen LogP contribution in [0.2, 0.25) is 0 Å². The van der Waals surface area contributed by atoms with Crippen LogP contribution in [0.3, 0.4) is 0 Å². The molecule has 1 heterocycles. The van der Waals surface area contributed by atoms with Crippen LogP contribution in [-0.4, -0.2) is 14.7 Å². The molecule has 0 aliphatic heterocycles. The number of nitrogens with zero attached hydrogens (tertiary/aromatic N) is 3. The lowest BCUT2D eigenvalue weighted by molar-refractivity contribution is -0.390. The molecule has 0 fully saturated rings. The van der Waals surface area contributed by atoms with Crippen LogP contribution in [0.25, 0.3) is 0 Å². The lowest BCUT2D eigenvalue weighted by Crippen LogP contribution is -2.00. The van der Waals surface area contributed by atoms with Crippen LogP contribution in [0, 0.1) is 10.1 Å². The first-order chi connectivity index (χ1) is 8.20. The van der Waals surface area contributed by atoms with Crippen LogP contribution in [0.5, 0.6) is 0 Å². The fourth-order valence-electron chi connectivity index (χ4n) is 1.55. The highest BCUT2D eigenvalue weighted by molar-refractivity contribution is 9.08. The van der Waals surface area contributed by atoms with Gasteiger partial charge in [-0.15, -0.1) is 0 Å². The smallest absolute Gasteiger partial charge is 0.358 e. The van der Waals surface area contributed by atoms with Gasteiger partial charge in [0.15, 0.2) is 0 Å². The summed E-state index contributed by atoms with van der Waals surface area (Å²) in [5.41, 5.74) is 1.65. The van der Waals surface area contributed by atoms with Crippen molar-refractivity contribution in [3.63, 3.8) is 0 Å². The number of halogens is 1. The minimum absolute atomic E-state index is 0.0854. The first-order valence-electron chi connectivity index (χ1n) is 5.01. The van der Waals surface area contributed by atoms with Gasteiger partial charge in [0.25, 0.3) is 0 Å². The highest BCUT2D eigenvalue weighted by Crippen LogP contribution is 2.19. The number of alkyl halides is 1. The summed E-state index contributed by atoms with van der Waals surface area (Å²) in [5.74, 6) is -0.0854. The third kappa shape index (κ3) is 2.71. The normalized spacial score (nSPS) is 10.4. The Morgan fingerprint density at radius 2 is 2.06 bits per heavy atom. The quantitative estimate of drug-likeness (QED) is 0.495. The lowest BCUT2D eigenvalue weighted by atomic mass is 10.2. The van der Waals surface area contributed by atoms with Crippen LogP contribution in [0.15, 0.2) is 36.5 Å². The van der Waals surface area contributed by atoms with Crippen LogP contribution >= 0.6 is 15.9 Å². The molecule has 0 aliphatic rings. The number of nitro groups is 1. The average molecular weight is 296 g/mol. The monoisotopic (exact) mass is 295 g/mol. The molecule has 2 aromatic rings. The molecule has 0 amide bonds. The van der Waals surface area contributed by atoms with E-state index in [1.54, 1.807) is 10.9 Å².